The van der Waals surface area contributed by atoms with E-state index in [-0.39, 0.29) is 11.7 Å². The van der Waals surface area contributed by atoms with Gasteiger partial charge in [0.15, 0.2) is 11.9 Å². The predicted molar refractivity (Wildman–Crippen MR) is 82.8 cm³/mol. The van der Waals surface area contributed by atoms with E-state index < -0.39 is 6.10 Å². The highest BCUT2D eigenvalue weighted by atomic mass is 32.2. The zero-order valence-electron chi connectivity index (χ0n) is 11.7. The maximum atomic E-state index is 12.0. The summed E-state index contributed by atoms with van der Waals surface area (Å²) < 4.78 is 5.57. The summed E-state index contributed by atoms with van der Waals surface area (Å²) in [5, 5.41) is 12.2. The van der Waals surface area contributed by atoms with Crippen molar-refractivity contribution in [3.8, 4) is 11.5 Å². The van der Waals surface area contributed by atoms with E-state index in [1.807, 2.05) is 30.5 Å². The van der Waals surface area contributed by atoms with Crippen molar-refractivity contribution in [1.82, 2.24) is 4.98 Å². The summed E-state index contributed by atoms with van der Waals surface area (Å²) in [7, 11) is 0. The van der Waals surface area contributed by atoms with E-state index in [1.165, 1.54) is 18.5 Å². The van der Waals surface area contributed by atoms with E-state index in [2.05, 4.69) is 10.3 Å². The van der Waals surface area contributed by atoms with E-state index >= 15 is 0 Å². The summed E-state index contributed by atoms with van der Waals surface area (Å²) in [4.78, 5) is 16.9. The molecule has 0 aliphatic heterocycles. The molecule has 0 spiro atoms. The van der Waals surface area contributed by atoms with Crippen molar-refractivity contribution in [3.05, 3.63) is 42.7 Å². The highest BCUT2D eigenvalue weighted by Crippen LogP contribution is 2.22. The Balaban J connectivity index is 1.97. The number of aromatic hydroxyl groups is 1. The van der Waals surface area contributed by atoms with E-state index in [0.717, 1.165) is 4.90 Å². The van der Waals surface area contributed by atoms with E-state index in [9.17, 15) is 9.90 Å². The number of thioether (sulfide) groups is 1. The fraction of sp³-hybridized carbons (Fsp3) is 0.200. The van der Waals surface area contributed by atoms with Crippen molar-refractivity contribution in [2.45, 2.75) is 17.9 Å². The van der Waals surface area contributed by atoms with Crippen LogP contribution in [-0.2, 0) is 4.79 Å². The smallest absolute Gasteiger partial charge is 0.265 e. The van der Waals surface area contributed by atoms with Crippen molar-refractivity contribution >= 4 is 23.4 Å². The number of nitrogens with one attached hydrogen (secondary N) is 1. The second-order valence-corrected chi connectivity index (χ2v) is 5.20. The standard InChI is InChI=1S/C15H16N2O3S/c1-10(20-11-3-5-12(21-2)6-4-11)15(19)17-13-7-8-16-9-14(13)18/h3-10,18H,1-2H3,(H,16,17,19)/t10-/m0/s1. The number of carbonyl (C=O) groups is 1. The Hall–Kier alpha value is -2.21. The summed E-state index contributed by atoms with van der Waals surface area (Å²) in [5.41, 5.74) is 0.309. The molecule has 0 saturated carbocycles. The molecule has 0 unspecified atom stereocenters. The Morgan fingerprint density at radius 1 is 1.33 bits per heavy atom. The van der Waals surface area contributed by atoms with Gasteiger partial charge in [0.1, 0.15) is 5.75 Å². The maximum absolute atomic E-state index is 12.0. The van der Waals surface area contributed by atoms with Gasteiger partial charge in [-0.15, -0.1) is 11.8 Å². The topological polar surface area (TPSA) is 71.5 Å². The van der Waals surface area contributed by atoms with Gasteiger partial charge in [-0.1, -0.05) is 0 Å². The molecule has 0 radical (unpaired) electrons. The third-order valence-corrected chi connectivity index (χ3v) is 3.54. The third-order valence-electron chi connectivity index (χ3n) is 2.80. The minimum atomic E-state index is -0.683. The van der Waals surface area contributed by atoms with Crippen LogP contribution in [0.4, 0.5) is 5.69 Å². The van der Waals surface area contributed by atoms with Crippen LogP contribution in [0.2, 0.25) is 0 Å². The lowest BCUT2D eigenvalue weighted by Gasteiger charge is -2.15. The Morgan fingerprint density at radius 3 is 2.67 bits per heavy atom. The molecule has 1 aromatic heterocycles. The second kappa shape index (κ2) is 6.99. The number of ether oxygens (including phenoxy) is 1. The van der Waals surface area contributed by atoms with Gasteiger partial charge in [0.05, 0.1) is 11.9 Å². The van der Waals surface area contributed by atoms with Gasteiger partial charge in [0.25, 0.3) is 5.91 Å². The highest BCUT2D eigenvalue weighted by Gasteiger charge is 2.16. The van der Waals surface area contributed by atoms with Crippen LogP contribution in [0.3, 0.4) is 0 Å². The van der Waals surface area contributed by atoms with Gasteiger partial charge in [-0.25, -0.2) is 0 Å². The molecule has 21 heavy (non-hydrogen) atoms. The molecule has 5 nitrogen and oxygen atoms in total. The Bertz CT molecular complexity index is 617. The first kappa shape index (κ1) is 15.2. The molecule has 110 valence electrons. The first-order chi connectivity index (χ1) is 10.1. The van der Waals surface area contributed by atoms with Crippen LogP contribution >= 0.6 is 11.8 Å². The number of nitrogens with zero attached hydrogens (tertiary/aromatic N) is 1. The van der Waals surface area contributed by atoms with Crippen molar-refractivity contribution in [1.29, 1.82) is 0 Å². The molecule has 0 aliphatic carbocycles. The van der Waals surface area contributed by atoms with Crippen molar-refractivity contribution in [2.24, 2.45) is 0 Å². The normalized spacial score (nSPS) is 11.7. The lowest BCUT2D eigenvalue weighted by Crippen LogP contribution is -2.30. The Labute approximate surface area is 127 Å². The number of anilines is 1. The van der Waals surface area contributed by atoms with Crippen LogP contribution in [0.15, 0.2) is 47.6 Å². The monoisotopic (exact) mass is 304 g/mol. The molecule has 0 bridgehead atoms. The number of pyridine rings is 1. The molecule has 1 atom stereocenters. The van der Waals surface area contributed by atoms with Gasteiger partial charge in [0.2, 0.25) is 0 Å². The van der Waals surface area contributed by atoms with E-state index in [0.29, 0.717) is 11.4 Å². The average Bonchev–Trinajstić information content (AvgIpc) is 2.50. The predicted octanol–water partition coefficient (Wildman–Crippen LogP) is 2.92. The van der Waals surface area contributed by atoms with Crippen LogP contribution < -0.4 is 10.1 Å². The highest BCUT2D eigenvalue weighted by molar-refractivity contribution is 7.98. The number of amides is 1. The van der Waals surface area contributed by atoms with Gasteiger partial charge >= 0.3 is 0 Å². The van der Waals surface area contributed by atoms with E-state index in [1.54, 1.807) is 18.7 Å². The fourth-order valence-electron chi connectivity index (χ4n) is 1.64. The van der Waals surface area contributed by atoms with Crippen LogP contribution in [0.5, 0.6) is 11.5 Å². The average molecular weight is 304 g/mol. The molecule has 1 aromatic carbocycles. The molecule has 2 aromatic rings. The summed E-state index contributed by atoms with van der Waals surface area (Å²) in [6.07, 6.45) is 4.06. The quantitative estimate of drug-likeness (QED) is 0.831. The number of hydrogen-bond acceptors (Lipinski definition) is 5. The minimum Gasteiger partial charge on any atom is -0.504 e. The molecule has 1 heterocycles. The second-order valence-electron chi connectivity index (χ2n) is 4.32. The Kier molecular flexibility index (Phi) is 5.05. The maximum Gasteiger partial charge on any atom is 0.265 e. The lowest BCUT2D eigenvalue weighted by atomic mass is 10.3. The zero-order chi connectivity index (χ0) is 15.2. The summed E-state index contributed by atoms with van der Waals surface area (Å²) in [6.45, 7) is 1.65. The van der Waals surface area contributed by atoms with Crippen LogP contribution in [0, 0.1) is 0 Å². The lowest BCUT2D eigenvalue weighted by molar-refractivity contribution is -0.122. The van der Waals surface area contributed by atoms with Crippen molar-refractivity contribution < 1.29 is 14.6 Å². The molecule has 1 amide bonds. The molecular weight excluding hydrogens is 288 g/mol. The number of benzene rings is 1. The Morgan fingerprint density at radius 2 is 2.05 bits per heavy atom. The molecular formula is C15H16N2O3S. The number of hydrogen-bond donors (Lipinski definition) is 2. The van der Waals surface area contributed by atoms with Gasteiger partial charge in [-0.3, -0.25) is 9.78 Å². The fourth-order valence-corrected chi connectivity index (χ4v) is 2.05. The van der Waals surface area contributed by atoms with Crippen LogP contribution in [-0.4, -0.2) is 28.4 Å². The van der Waals surface area contributed by atoms with Gasteiger partial charge in [-0.2, -0.15) is 0 Å². The molecule has 0 aliphatic rings. The van der Waals surface area contributed by atoms with Crippen molar-refractivity contribution in [3.63, 3.8) is 0 Å². The molecule has 2 N–H and O–H groups in total. The number of carbonyl (C=O) groups excluding carboxylic acids is 1. The summed E-state index contributed by atoms with van der Waals surface area (Å²) in [5.74, 6) is 0.196. The summed E-state index contributed by atoms with van der Waals surface area (Å²) >= 11 is 1.64. The molecule has 2 rings (SSSR count). The van der Waals surface area contributed by atoms with Crippen molar-refractivity contribution in [2.75, 3.05) is 11.6 Å². The molecule has 0 fully saturated rings. The first-order valence-corrected chi connectivity index (χ1v) is 7.57. The third kappa shape index (κ3) is 4.13. The molecule has 6 heteroatoms. The van der Waals surface area contributed by atoms with Crippen LogP contribution in [0.25, 0.3) is 0 Å². The number of rotatable bonds is 5. The largest absolute Gasteiger partial charge is 0.504 e. The molecule has 0 saturated heterocycles. The SMILES string of the molecule is CSc1ccc(O[C@@H](C)C(=O)Nc2ccncc2O)cc1. The summed E-state index contributed by atoms with van der Waals surface area (Å²) in [6, 6.07) is 9.02. The first-order valence-electron chi connectivity index (χ1n) is 6.34. The van der Waals surface area contributed by atoms with Gasteiger partial charge in [-0.05, 0) is 43.5 Å². The van der Waals surface area contributed by atoms with Gasteiger partial charge in [0, 0.05) is 11.1 Å². The number of aromatic nitrogens is 1. The van der Waals surface area contributed by atoms with Gasteiger partial charge < -0.3 is 15.2 Å². The van der Waals surface area contributed by atoms with E-state index in [4.69, 9.17) is 4.74 Å². The zero-order valence-corrected chi connectivity index (χ0v) is 12.6. The minimum absolute atomic E-state index is 0.0811. The van der Waals surface area contributed by atoms with Crippen LogP contribution in [0.1, 0.15) is 6.92 Å².